The molecule has 0 bridgehead atoms. The van der Waals surface area contributed by atoms with E-state index in [0.717, 1.165) is 38.4 Å². The van der Waals surface area contributed by atoms with E-state index >= 15 is 0 Å². The highest BCUT2D eigenvalue weighted by atomic mass is 32.2. The summed E-state index contributed by atoms with van der Waals surface area (Å²) < 4.78 is 0.888. The fraction of sp³-hybridized carbons (Fsp3) is 0.375. The molecule has 0 fully saturated rings. The molecule has 1 aliphatic carbocycles. The van der Waals surface area contributed by atoms with Crippen LogP contribution in [0.15, 0.2) is 17.0 Å². The topological polar surface area (TPSA) is 89.6 Å². The Morgan fingerprint density at radius 2 is 2.08 bits per heavy atom. The number of anilines is 2. The van der Waals surface area contributed by atoms with Crippen LogP contribution in [-0.2, 0) is 18.6 Å². The second-order valence-corrected chi connectivity index (χ2v) is 9.03. The molecule has 3 N–H and O–H groups in total. The van der Waals surface area contributed by atoms with E-state index in [4.69, 9.17) is 10.7 Å². The van der Waals surface area contributed by atoms with E-state index in [0.29, 0.717) is 18.1 Å². The molecule has 3 heterocycles. The quantitative estimate of drug-likeness (QED) is 0.487. The third kappa shape index (κ3) is 3.49. The number of nitrogens with two attached hydrogens (primary N) is 1. The zero-order valence-corrected chi connectivity index (χ0v) is 16.1. The first-order valence-electron chi connectivity index (χ1n) is 8.12. The van der Waals surface area contributed by atoms with Gasteiger partial charge in [-0.25, -0.2) is 9.97 Å². The van der Waals surface area contributed by atoms with Crippen LogP contribution in [0.5, 0.6) is 0 Å². The van der Waals surface area contributed by atoms with Crippen LogP contribution in [0.2, 0.25) is 0 Å². The van der Waals surface area contributed by atoms with Crippen LogP contribution in [-0.4, -0.2) is 26.7 Å². The Balaban J connectivity index is 1.52. The Kier molecular flexibility index (Phi) is 4.87. The number of fused-ring (bicyclic) bond motifs is 3. The first-order valence-corrected chi connectivity index (χ1v) is 10.7. The molecule has 0 spiro atoms. The molecule has 0 atom stereocenters. The lowest BCUT2D eigenvalue weighted by molar-refractivity contribution is 0.700. The van der Waals surface area contributed by atoms with Crippen molar-refractivity contribution in [3.8, 4) is 0 Å². The third-order valence-corrected chi connectivity index (χ3v) is 7.21. The van der Waals surface area contributed by atoms with Crippen LogP contribution >= 0.6 is 34.4 Å². The van der Waals surface area contributed by atoms with Gasteiger partial charge in [0, 0.05) is 11.4 Å². The minimum absolute atomic E-state index is 0.616. The second-order valence-electron chi connectivity index (χ2n) is 5.75. The maximum Gasteiger partial charge on any atom is 0.206 e. The Bertz CT molecular complexity index is 916. The molecule has 130 valence electrons. The van der Waals surface area contributed by atoms with Gasteiger partial charge in [-0.05, 0) is 31.2 Å². The minimum atomic E-state index is 0.616. The number of thiophene rings is 1. The number of nitrogen functional groups attached to an aromatic ring is 1. The van der Waals surface area contributed by atoms with Crippen LogP contribution in [0.1, 0.15) is 29.1 Å². The molecule has 0 saturated carbocycles. The van der Waals surface area contributed by atoms with Gasteiger partial charge >= 0.3 is 0 Å². The van der Waals surface area contributed by atoms with E-state index in [-0.39, 0.29) is 0 Å². The average Bonchev–Trinajstić information content (AvgIpc) is 3.22. The summed E-state index contributed by atoms with van der Waals surface area (Å²) in [6.45, 7) is 4.36. The fourth-order valence-corrected chi connectivity index (χ4v) is 5.82. The van der Waals surface area contributed by atoms with E-state index < -0.39 is 0 Å². The van der Waals surface area contributed by atoms with E-state index in [2.05, 4.69) is 27.1 Å². The molecule has 0 unspecified atom stereocenters. The predicted molar refractivity (Wildman–Crippen MR) is 107 cm³/mol. The zero-order chi connectivity index (χ0) is 17.2. The molecule has 1 aliphatic rings. The molecule has 0 radical (unpaired) electrons. The maximum atomic E-state index is 6.26. The van der Waals surface area contributed by atoms with Gasteiger partial charge < -0.3 is 11.1 Å². The van der Waals surface area contributed by atoms with Crippen molar-refractivity contribution in [3.63, 3.8) is 0 Å². The Morgan fingerprint density at radius 1 is 1.20 bits per heavy atom. The number of hydrogen-bond donors (Lipinski definition) is 2. The largest absolute Gasteiger partial charge is 0.383 e. The van der Waals surface area contributed by atoms with E-state index in [1.54, 1.807) is 29.2 Å². The van der Waals surface area contributed by atoms with Crippen molar-refractivity contribution < 1.29 is 0 Å². The van der Waals surface area contributed by atoms with Crippen LogP contribution in [0, 0.1) is 0 Å². The van der Waals surface area contributed by atoms with Crippen LogP contribution < -0.4 is 11.1 Å². The molecule has 3 aromatic rings. The molecule has 0 aromatic carbocycles. The number of aromatic nitrogens is 4. The van der Waals surface area contributed by atoms with Gasteiger partial charge in [-0.2, -0.15) is 0 Å². The second kappa shape index (κ2) is 7.27. The monoisotopic (exact) mass is 390 g/mol. The lowest BCUT2D eigenvalue weighted by atomic mass is 9.97. The normalized spacial score (nSPS) is 13.8. The Hall–Kier alpha value is -1.71. The van der Waals surface area contributed by atoms with Crippen molar-refractivity contribution in [1.29, 1.82) is 0 Å². The van der Waals surface area contributed by atoms with Crippen LogP contribution in [0.3, 0.4) is 0 Å². The number of nitrogens with one attached hydrogen (secondary N) is 1. The number of nitrogens with zero attached hydrogens (tertiary/aromatic N) is 4. The van der Waals surface area contributed by atoms with Gasteiger partial charge in [0.25, 0.3) is 0 Å². The number of hydrogen-bond acceptors (Lipinski definition) is 9. The smallest absolute Gasteiger partial charge is 0.206 e. The molecule has 25 heavy (non-hydrogen) atoms. The van der Waals surface area contributed by atoms with E-state index in [1.165, 1.54) is 34.6 Å². The first kappa shape index (κ1) is 16.7. The molecule has 0 saturated heterocycles. The van der Waals surface area contributed by atoms with E-state index in [9.17, 15) is 0 Å². The third-order valence-electron chi connectivity index (χ3n) is 4.02. The van der Waals surface area contributed by atoms with Crippen LogP contribution in [0.25, 0.3) is 10.2 Å². The summed E-state index contributed by atoms with van der Waals surface area (Å²) in [5.41, 5.74) is 7.63. The molecule has 9 heteroatoms. The van der Waals surface area contributed by atoms with Gasteiger partial charge in [-0.1, -0.05) is 29.2 Å². The molecule has 4 rings (SSSR count). The minimum Gasteiger partial charge on any atom is -0.383 e. The van der Waals surface area contributed by atoms with Crippen molar-refractivity contribution >= 4 is 55.6 Å². The van der Waals surface area contributed by atoms with Gasteiger partial charge in [-0.15, -0.1) is 28.1 Å². The fourth-order valence-electron chi connectivity index (χ4n) is 2.92. The van der Waals surface area contributed by atoms with Crippen molar-refractivity contribution in [2.45, 2.75) is 35.8 Å². The average molecular weight is 391 g/mol. The van der Waals surface area contributed by atoms with E-state index in [1.807, 2.05) is 0 Å². The highest BCUT2D eigenvalue weighted by Gasteiger charge is 2.20. The predicted octanol–water partition coefficient (Wildman–Crippen LogP) is 3.89. The van der Waals surface area contributed by atoms with Crippen molar-refractivity contribution in [1.82, 2.24) is 20.2 Å². The molecule has 3 aromatic heterocycles. The molecule has 6 nitrogen and oxygen atoms in total. The highest BCUT2D eigenvalue weighted by molar-refractivity contribution is 8.00. The standard InChI is InChI=1S/C16H18N6S3/c1-2-7-18-15-21-22-16(25-15)23-8-11-19-13(17)12-9-5-3-4-6-10(9)24-14(12)20-11/h2H,1,3-8H2,(H,18,21)(H2,17,19,20). The summed E-state index contributed by atoms with van der Waals surface area (Å²) in [5.74, 6) is 2.01. The Morgan fingerprint density at radius 3 is 2.96 bits per heavy atom. The van der Waals surface area contributed by atoms with Gasteiger partial charge in [0.2, 0.25) is 5.13 Å². The maximum absolute atomic E-state index is 6.26. The SMILES string of the molecule is C=CCNc1nnc(SCc2nc(N)c3c4c(sc3n2)CCCC4)s1. The lowest BCUT2D eigenvalue weighted by Crippen LogP contribution is -2.02. The summed E-state index contributed by atoms with van der Waals surface area (Å²) in [7, 11) is 0. The molecular formula is C16H18N6S3. The van der Waals surface area contributed by atoms with Crippen molar-refractivity contribution in [2.75, 3.05) is 17.6 Å². The number of thioether (sulfide) groups is 1. The lowest BCUT2D eigenvalue weighted by Gasteiger charge is -2.10. The van der Waals surface area contributed by atoms with Gasteiger partial charge in [-0.3, -0.25) is 0 Å². The van der Waals surface area contributed by atoms with Crippen molar-refractivity contribution in [2.24, 2.45) is 0 Å². The number of rotatable bonds is 6. The first-order chi connectivity index (χ1) is 12.2. The number of aryl methyl sites for hydroxylation is 2. The Labute approximate surface area is 158 Å². The summed E-state index contributed by atoms with van der Waals surface area (Å²) in [5, 5.41) is 13.3. The summed E-state index contributed by atoms with van der Waals surface area (Å²) >= 11 is 4.88. The van der Waals surface area contributed by atoms with Gasteiger partial charge in [0.15, 0.2) is 4.34 Å². The molecule has 0 aliphatic heterocycles. The molecule has 0 amide bonds. The van der Waals surface area contributed by atoms with Gasteiger partial charge in [0.1, 0.15) is 16.5 Å². The summed E-state index contributed by atoms with van der Waals surface area (Å²) in [6, 6.07) is 0. The van der Waals surface area contributed by atoms with Gasteiger partial charge in [0.05, 0.1) is 11.1 Å². The van der Waals surface area contributed by atoms with Crippen molar-refractivity contribution in [3.05, 3.63) is 28.9 Å². The molecular weight excluding hydrogens is 372 g/mol. The zero-order valence-electron chi connectivity index (χ0n) is 13.6. The summed E-state index contributed by atoms with van der Waals surface area (Å²) in [4.78, 5) is 11.7. The highest BCUT2D eigenvalue weighted by Crippen LogP contribution is 2.38. The van der Waals surface area contributed by atoms with Crippen LogP contribution in [0.4, 0.5) is 10.9 Å². The summed E-state index contributed by atoms with van der Waals surface area (Å²) in [6.07, 6.45) is 6.53.